The Morgan fingerprint density at radius 3 is 2.38 bits per heavy atom. The van der Waals surface area contributed by atoms with E-state index in [2.05, 4.69) is 104 Å². The number of thioether (sulfide) groups is 2. The maximum absolute atomic E-state index is 4.44. The zero-order valence-corrected chi connectivity index (χ0v) is 30.7. The quantitative estimate of drug-likeness (QED) is 0.0872. The number of rotatable bonds is 16. The highest BCUT2D eigenvalue weighted by Crippen LogP contribution is 2.50. The summed E-state index contributed by atoms with van der Waals surface area (Å²) in [5.41, 5.74) is 1.30. The van der Waals surface area contributed by atoms with Crippen LogP contribution >= 0.6 is 57.5 Å². The normalized spacial score (nSPS) is 14.5. The molecule has 2 atom stereocenters. The molecule has 0 aliphatic carbocycles. The van der Waals surface area contributed by atoms with Crippen molar-refractivity contribution in [3.8, 4) is 0 Å². The minimum Gasteiger partial charge on any atom is -0.138 e. The Balaban J connectivity index is 1.51. The van der Waals surface area contributed by atoms with Crippen molar-refractivity contribution in [2.75, 3.05) is 0 Å². The molecule has 4 rings (SSSR count). The molecule has 3 heterocycles. The number of hydrogen-bond donors (Lipinski definition) is 0. The highest BCUT2D eigenvalue weighted by Gasteiger charge is 2.20. The van der Waals surface area contributed by atoms with E-state index in [4.69, 9.17) is 0 Å². The van der Waals surface area contributed by atoms with E-state index in [0.29, 0.717) is 5.25 Å². The van der Waals surface area contributed by atoms with E-state index in [1.165, 1.54) is 86.8 Å². The average molecular weight is 653 g/mol. The molecule has 5 heteroatoms. The molecular formula is C37H48S5. The fourth-order valence-corrected chi connectivity index (χ4v) is 11.8. The monoisotopic (exact) mass is 652 g/mol. The lowest BCUT2D eigenvalue weighted by molar-refractivity contribution is 0.427. The van der Waals surface area contributed by atoms with Gasteiger partial charge in [-0.25, -0.2) is 0 Å². The van der Waals surface area contributed by atoms with E-state index in [-0.39, 0.29) is 0 Å². The molecule has 0 radical (unpaired) electrons. The van der Waals surface area contributed by atoms with Gasteiger partial charge in [0.15, 0.2) is 0 Å². The number of fused-ring (bicyclic) bond motifs is 5. The topological polar surface area (TPSA) is 0 Å². The van der Waals surface area contributed by atoms with Crippen LogP contribution in [0.5, 0.6) is 0 Å². The van der Waals surface area contributed by atoms with Gasteiger partial charge >= 0.3 is 0 Å². The molecule has 0 spiro atoms. The fraction of sp³-hybridized carbons (Fsp3) is 0.459. The molecule has 0 amide bonds. The first-order valence-electron chi connectivity index (χ1n) is 15.6. The third-order valence-corrected chi connectivity index (χ3v) is 14.5. The van der Waals surface area contributed by atoms with Gasteiger partial charge in [-0.15, -0.1) is 45.8 Å². The number of thiophene rings is 3. The van der Waals surface area contributed by atoms with E-state index < -0.39 is 0 Å². The molecule has 0 aliphatic rings. The van der Waals surface area contributed by atoms with Crippen LogP contribution in [0.15, 0.2) is 65.0 Å². The van der Waals surface area contributed by atoms with Gasteiger partial charge in [0.25, 0.3) is 0 Å². The van der Waals surface area contributed by atoms with Gasteiger partial charge in [-0.2, -0.15) is 0 Å². The summed E-state index contributed by atoms with van der Waals surface area (Å²) in [6, 6.07) is 7.18. The van der Waals surface area contributed by atoms with Gasteiger partial charge in [0.1, 0.15) is 0 Å². The Morgan fingerprint density at radius 2 is 1.69 bits per heavy atom. The van der Waals surface area contributed by atoms with Crippen LogP contribution in [0.4, 0.5) is 0 Å². The Labute approximate surface area is 275 Å². The van der Waals surface area contributed by atoms with Crippen molar-refractivity contribution in [3.63, 3.8) is 0 Å². The predicted octanol–water partition coefficient (Wildman–Crippen LogP) is 14.9. The van der Waals surface area contributed by atoms with Crippen molar-refractivity contribution >= 4 is 92.0 Å². The van der Waals surface area contributed by atoms with Crippen molar-refractivity contribution in [1.29, 1.82) is 0 Å². The Bertz CT molecular complexity index is 1580. The highest BCUT2D eigenvalue weighted by molar-refractivity contribution is 8.09. The number of benzene rings is 1. The Hall–Kier alpha value is -1.24. The summed E-state index contributed by atoms with van der Waals surface area (Å²) in [5.74, 6) is 1.66. The molecule has 0 bridgehead atoms. The summed E-state index contributed by atoms with van der Waals surface area (Å²) in [5, 5.41) is 3.42. The fourth-order valence-electron chi connectivity index (χ4n) is 5.51. The molecular weight excluding hydrogens is 605 g/mol. The maximum Gasteiger partial charge on any atom is 0.0542 e. The van der Waals surface area contributed by atoms with Gasteiger partial charge in [-0.1, -0.05) is 116 Å². The molecule has 4 aromatic rings. The number of allylic oxidation sites excluding steroid dienone is 4. The largest absolute Gasteiger partial charge is 0.138 e. The zero-order chi connectivity index (χ0) is 30.4. The molecule has 0 aliphatic heterocycles. The molecule has 3 aromatic heterocycles. The van der Waals surface area contributed by atoms with Crippen LogP contribution in [0.25, 0.3) is 34.5 Å². The van der Waals surface area contributed by atoms with Gasteiger partial charge in [-0.3, -0.25) is 0 Å². The molecule has 226 valence electrons. The third-order valence-electron chi connectivity index (χ3n) is 7.89. The van der Waals surface area contributed by atoms with Gasteiger partial charge in [-0.05, 0) is 56.6 Å². The Kier molecular flexibility index (Phi) is 12.5. The van der Waals surface area contributed by atoms with Gasteiger partial charge in [0, 0.05) is 45.2 Å². The molecule has 0 N–H and O–H groups in total. The SMILES string of the molecule is C=C/C=C(\CCC)C(=C)Sc1c(C)sc2c1ccc1c3sc(/C(=C/C)SC(C)CCC(C)CCCC(C)C)cc3sc12. The summed E-state index contributed by atoms with van der Waals surface area (Å²) in [7, 11) is 0. The lowest BCUT2D eigenvalue weighted by Gasteiger charge is -2.17. The zero-order valence-electron chi connectivity index (χ0n) is 26.6. The molecule has 0 fully saturated rings. The lowest BCUT2D eigenvalue weighted by atomic mass is 9.95. The van der Waals surface area contributed by atoms with Crippen LogP contribution in [0.1, 0.15) is 96.2 Å². The molecule has 0 saturated carbocycles. The van der Waals surface area contributed by atoms with E-state index >= 15 is 0 Å². The van der Waals surface area contributed by atoms with Crippen molar-refractivity contribution < 1.29 is 0 Å². The standard InChI is InChI=1S/C37H48S5/c1-10-14-28(15-11-2)26(8)39-34-27(9)40-36-29(34)20-21-30-35-33(42-37(30)36)22-32(41-35)31(12-3)38-25(7)19-18-24(6)17-13-16-23(4)5/h10,12,14,20-25H,1,8,11,13,15-19H2,2-7,9H3/b28-14+,31-12-. The van der Waals surface area contributed by atoms with Crippen molar-refractivity contribution in [1.82, 2.24) is 0 Å². The predicted molar refractivity (Wildman–Crippen MR) is 203 cm³/mol. The molecule has 2 unspecified atom stereocenters. The van der Waals surface area contributed by atoms with Crippen molar-refractivity contribution in [2.24, 2.45) is 11.8 Å². The molecule has 0 saturated heterocycles. The third kappa shape index (κ3) is 8.07. The summed E-state index contributed by atoms with van der Waals surface area (Å²) in [6.45, 7) is 24.6. The second-order valence-electron chi connectivity index (χ2n) is 12.0. The van der Waals surface area contributed by atoms with Gasteiger partial charge in [0.05, 0.1) is 14.1 Å². The van der Waals surface area contributed by atoms with Gasteiger partial charge < -0.3 is 0 Å². The van der Waals surface area contributed by atoms with Crippen LogP contribution in [0.2, 0.25) is 0 Å². The molecule has 0 nitrogen and oxygen atoms in total. The molecule has 1 aromatic carbocycles. The smallest absolute Gasteiger partial charge is 0.0542 e. The van der Waals surface area contributed by atoms with Crippen LogP contribution in [-0.4, -0.2) is 5.25 Å². The minimum absolute atomic E-state index is 0.638. The van der Waals surface area contributed by atoms with E-state index in [9.17, 15) is 0 Å². The van der Waals surface area contributed by atoms with E-state index in [1.54, 1.807) is 0 Å². The Morgan fingerprint density at radius 1 is 0.952 bits per heavy atom. The van der Waals surface area contributed by atoms with Crippen molar-refractivity contribution in [2.45, 2.75) is 104 Å². The summed E-state index contributed by atoms with van der Waals surface area (Å²) in [6.07, 6.45) is 15.2. The summed E-state index contributed by atoms with van der Waals surface area (Å²) >= 11 is 9.80. The second-order valence-corrected chi connectivity index (χ2v) is 17.9. The number of hydrogen-bond acceptors (Lipinski definition) is 5. The van der Waals surface area contributed by atoms with Gasteiger partial charge in [0.2, 0.25) is 0 Å². The van der Waals surface area contributed by atoms with Crippen LogP contribution in [-0.2, 0) is 0 Å². The minimum atomic E-state index is 0.638. The second kappa shape index (κ2) is 15.7. The average Bonchev–Trinajstić information content (AvgIpc) is 3.61. The van der Waals surface area contributed by atoms with E-state index in [1.807, 2.05) is 51.8 Å². The first kappa shape index (κ1) is 33.6. The maximum atomic E-state index is 4.44. The van der Waals surface area contributed by atoms with Crippen LogP contribution < -0.4 is 0 Å². The number of aryl methyl sites for hydroxylation is 1. The molecule has 42 heavy (non-hydrogen) atoms. The lowest BCUT2D eigenvalue weighted by Crippen LogP contribution is -2.02. The van der Waals surface area contributed by atoms with Crippen LogP contribution in [0.3, 0.4) is 0 Å². The van der Waals surface area contributed by atoms with Crippen LogP contribution in [0, 0.1) is 18.8 Å². The summed E-state index contributed by atoms with van der Waals surface area (Å²) < 4.78 is 5.74. The van der Waals surface area contributed by atoms with E-state index in [0.717, 1.165) is 29.6 Å². The highest BCUT2D eigenvalue weighted by atomic mass is 32.2. The summed E-state index contributed by atoms with van der Waals surface area (Å²) in [4.78, 5) is 6.75. The van der Waals surface area contributed by atoms with Crippen molar-refractivity contribution in [3.05, 3.63) is 69.8 Å². The first-order chi connectivity index (χ1) is 20.2. The first-order valence-corrected chi connectivity index (χ1v) is 19.7.